The molecule has 7 nitrogen and oxygen atoms in total. The van der Waals surface area contributed by atoms with Crippen LogP contribution in [0.3, 0.4) is 0 Å². The van der Waals surface area contributed by atoms with Crippen molar-refractivity contribution in [3.05, 3.63) is 35.9 Å². The first-order valence-corrected chi connectivity index (χ1v) is 14.3. The Morgan fingerprint density at radius 2 is 1.68 bits per heavy atom. The maximum atomic E-state index is 11.4. The summed E-state index contributed by atoms with van der Waals surface area (Å²) in [5.41, 5.74) is 1.11. The van der Waals surface area contributed by atoms with Crippen LogP contribution in [0.15, 0.2) is 30.3 Å². The normalized spacial score (nSPS) is 28.0. The highest BCUT2D eigenvalue weighted by Crippen LogP contribution is 2.31. The average molecular weight is 521 g/mol. The van der Waals surface area contributed by atoms with E-state index in [9.17, 15) is 15.0 Å². The van der Waals surface area contributed by atoms with Crippen LogP contribution in [0.4, 0.5) is 0 Å². The number of methoxy groups -OCH3 is 1. The topological polar surface area (TPSA) is 94.5 Å². The number of aliphatic carboxylic acids is 1. The van der Waals surface area contributed by atoms with Crippen LogP contribution >= 0.6 is 0 Å². The van der Waals surface area contributed by atoms with Gasteiger partial charge in [-0.15, -0.1) is 0 Å². The van der Waals surface area contributed by atoms with Crippen LogP contribution in [-0.4, -0.2) is 66.0 Å². The number of aliphatic hydroxyl groups excluding tert-OH is 1. The Bertz CT molecular complexity index is 758. The van der Waals surface area contributed by atoms with Crippen LogP contribution in [-0.2, 0) is 30.3 Å². The summed E-state index contributed by atoms with van der Waals surface area (Å²) in [5.74, 6) is -0.853. The molecule has 0 aliphatic carbocycles. The molecule has 7 atom stereocenters. The number of unbranched alkanes of at least 4 members (excludes halogenated alkanes) is 2. The highest BCUT2D eigenvalue weighted by molar-refractivity contribution is 5.67. The second-order valence-electron chi connectivity index (χ2n) is 10.9. The summed E-state index contributed by atoms with van der Waals surface area (Å²) in [5, 5.41) is 19.8. The quantitative estimate of drug-likeness (QED) is 0.272. The van der Waals surface area contributed by atoms with E-state index < -0.39 is 5.97 Å². The third kappa shape index (κ3) is 11.4. The zero-order chi connectivity index (χ0) is 26.5. The predicted molar refractivity (Wildman–Crippen MR) is 142 cm³/mol. The summed E-state index contributed by atoms with van der Waals surface area (Å²) < 4.78 is 24.6. The number of hydrogen-bond donors (Lipinski definition) is 2. The molecule has 37 heavy (non-hydrogen) atoms. The Balaban J connectivity index is 1.50. The molecule has 0 aromatic heterocycles. The highest BCUT2D eigenvalue weighted by Gasteiger charge is 2.34. The summed E-state index contributed by atoms with van der Waals surface area (Å²) in [6.07, 6.45) is 10.1. The Morgan fingerprint density at radius 3 is 2.38 bits per heavy atom. The van der Waals surface area contributed by atoms with Gasteiger partial charge in [0.25, 0.3) is 0 Å². The largest absolute Gasteiger partial charge is 0.481 e. The average Bonchev–Trinajstić information content (AvgIpc) is 2.87. The number of rotatable bonds is 16. The van der Waals surface area contributed by atoms with Crippen molar-refractivity contribution in [1.29, 1.82) is 0 Å². The van der Waals surface area contributed by atoms with Gasteiger partial charge in [0, 0.05) is 13.5 Å². The maximum absolute atomic E-state index is 11.4. The molecule has 210 valence electrons. The molecule has 0 unspecified atom stereocenters. The van der Waals surface area contributed by atoms with Crippen molar-refractivity contribution in [3.8, 4) is 0 Å². The number of benzene rings is 1. The van der Waals surface area contributed by atoms with Crippen LogP contribution in [0, 0.1) is 0 Å². The maximum Gasteiger partial charge on any atom is 0.305 e. The van der Waals surface area contributed by atoms with E-state index in [2.05, 4.69) is 6.92 Å². The van der Waals surface area contributed by atoms with E-state index in [4.69, 9.17) is 18.9 Å². The molecular weight excluding hydrogens is 472 g/mol. The number of aliphatic hydroxyl groups is 1. The standard InChI is InChI=1S/C30H48O7/c1-3-4-6-12-23(31)15-24-13-9-14-25(36-24)16-26(34-2)17-28-18-27(19-29(37-28)20-30(32)33)35-21-22-10-7-5-8-11-22/h5,7-8,10-11,23-29,31H,3-4,6,9,12-21H2,1-2H3,(H,32,33)/t23-,24+,25+,26-,27-,28-,29-/m1/s1. The summed E-state index contributed by atoms with van der Waals surface area (Å²) >= 11 is 0. The Labute approximate surface area is 222 Å². The molecule has 0 saturated carbocycles. The molecule has 0 radical (unpaired) electrons. The van der Waals surface area contributed by atoms with E-state index in [1.807, 2.05) is 30.3 Å². The van der Waals surface area contributed by atoms with Gasteiger partial charge in [-0.2, -0.15) is 0 Å². The fourth-order valence-electron chi connectivity index (χ4n) is 5.72. The monoisotopic (exact) mass is 520 g/mol. The zero-order valence-electron chi connectivity index (χ0n) is 22.8. The third-order valence-corrected chi connectivity index (χ3v) is 7.67. The third-order valence-electron chi connectivity index (χ3n) is 7.67. The van der Waals surface area contributed by atoms with Gasteiger partial charge in [-0.3, -0.25) is 4.79 Å². The number of carbonyl (C=O) groups is 1. The first kappa shape index (κ1) is 30.0. The van der Waals surface area contributed by atoms with E-state index >= 15 is 0 Å². The van der Waals surface area contributed by atoms with Crippen LogP contribution < -0.4 is 0 Å². The van der Waals surface area contributed by atoms with E-state index in [1.54, 1.807) is 7.11 Å². The van der Waals surface area contributed by atoms with E-state index in [1.165, 1.54) is 0 Å². The predicted octanol–water partition coefficient (Wildman–Crippen LogP) is 5.66. The first-order valence-electron chi connectivity index (χ1n) is 14.3. The summed E-state index contributed by atoms with van der Waals surface area (Å²) in [6.45, 7) is 2.68. The lowest BCUT2D eigenvalue weighted by atomic mass is 9.92. The zero-order valence-corrected chi connectivity index (χ0v) is 22.8. The van der Waals surface area contributed by atoms with Crippen molar-refractivity contribution in [3.63, 3.8) is 0 Å². The van der Waals surface area contributed by atoms with E-state index in [0.717, 1.165) is 63.4 Å². The number of carboxylic acid groups (broad SMARTS) is 1. The molecule has 1 aromatic rings. The van der Waals surface area contributed by atoms with Gasteiger partial charge in [0.1, 0.15) is 0 Å². The lowest BCUT2D eigenvalue weighted by molar-refractivity contribution is -0.155. The summed E-state index contributed by atoms with van der Waals surface area (Å²) in [4.78, 5) is 11.4. The van der Waals surface area contributed by atoms with Gasteiger partial charge >= 0.3 is 5.97 Å². The highest BCUT2D eigenvalue weighted by atomic mass is 16.5. The van der Waals surface area contributed by atoms with Crippen molar-refractivity contribution in [2.75, 3.05) is 7.11 Å². The number of ether oxygens (including phenoxy) is 4. The lowest BCUT2D eigenvalue weighted by Crippen LogP contribution is -2.41. The molecular formula is C30H48O7. The summed E-state index contributed by atoms with van der Waals surface area (Å²) in [7, 11) is 1.73. The second-order valence-corrected chi connectivity index (χ2v) is 10.9. The van der Waals surface area contributed by atoms with Crippen LogP contribution in [0.5, 0.6) is 0 Å². The Morgan fingerprint density at radius 1 is 1.00 bits per heavy atom. The van der Waals surface area contributed by atoms with Gasteiger partial charge in [-0.25, -0.2) is 0 Å². The van der Waals surface area contributed by atoms with Crippen molar-refractivity contribution in [2.24, 2.45) is 0 Å². The molecule has 0 spiro atoms. The Kier molecular flexibility index (Phi) is 13.4. The van der Waals surface area contributed by atoms with Gasteiger partial charge in [-0.05, 0) is 56.9 Å². The molecule has 2 aliphatic rings. The minimum atomic E-state index is -0.853. The van der Waals surface area contributed by atoms with Gasteiger partial charge in [0.15, 0.2) is 0 Å². The number of carboxylic acids is 1. The minimum absolute atomic E-state index is 0.0205. The molecule has 7 heteroatoms. The van der Waals surface area contributed by atoms with E-state index in [-0.39, 0.29) is 49.1 Å². The lowest BCUT2D eigenvalue weighted by Gasteiger charge is -2.37. The molecule has 3 rings (SSSR count). The smallest absolute Gasteiger partial charge is 0.305 e. The summed E-state index contributed by atoms with van der Waals surface area (Å²) in [6, 6.07) is 10.0. The molecule has 2 saturated heterocycles. The molecule has 0 bridgehead atoms. The van der Waals surface area contributed by atoms with Gasteiger partial charge in [-0.1, -0.05) is 56.5 Å². The molecule has 2 aliphatic heterocycles. The van der Waals surface area contributed by atoms with Crippen molar-refractivity contribution >= 4 is 5.97 Å². The molecule has 1 aromatic carbocycles. The molecule has 2 heterocycles. The minimum Gasteiger partial charge on any atom is -0.481 e. The molecule has 2 fully saturated rings. The number of hydrogen-bond acceptors (Lipinski definition) is 6. The van der Waals surface area contributed by atoms with Crippen molar-refractivity contribution in [2.45, 2.75) is 140 Å². The van der Waals surface area contributed by atoms with Crippen molar-refractivity contribution < 1.29 is 34.0 Å². The van der Waals surface area contributed by atoms with Gasteiger partial charge in [0.05, 0.1) is 55.8 Å². The second kappa shape index (κ2) is 16.5. The molecule has 0 amide bonds. The van der Waals surface area contributed by atoms with Crippen LogP contribution in [0.2, 0.25) is 0 Å². The first-order chi connectivity index (χ1) is 17.9. The van der Waals surface area contributed by atoms with Gasteiger partial charge < -0.3 is 29.2 Å². The van der Waals surface area contributed by atoms with Gasteiger partial charge in [0.2, 0.25) is 0 Å². The SMILES string of the molecule is CCCCC[C@@H](O)C[C@@H]1CCC[C@@H](C[C@H](C[C@@H]2C[C@@H](OCc3ccccc3)C[C@H](CC(=O)O)O2)OC)O1. The van der Waals surface area contributed by atoms with Crippen LogP contribution in [0.1, 0.15) is 96.0 Å². The van der Waals surface area contributed by atoms with Crippen LogP contribution in [0.25, 0.3) is 0 Å². The fraction of sp³-hybridized carbons (Fsp3) is 0.767. The fourth-order valence-corrected chi connectivity index (χ4v) is 5.72. The molecule has 2 N–H and O–H groups in total. The van der Waals surface area contributed by atoms with E-state index in [0.29, 0.717) is 25.9 Å². The van der Waals surface area contributed by atoms with Crippen molar-refractivity contribution in [1.82, 2.24) is 0 Å². The Hall–Kier alpha value is -1.51.